The summed E-state index contributed by atoms with van der Waals surface area (Å²) < 4.78 is 0. The van der Waals surface area contributed by atoms with Gasteiger partial charge < -0.3 is 15.3 Å². The number of hydrogen-bond donors (Lipinski definition) is 2. The van der Waals surface area contributed by atoms with Crippen molar-refractivity contribution in [3.8, 4) is 0 Å². The lowest BCUT2D eigenvalue weighted by Crippen LogP contribution is -2.54. The third kappa shape index (κ3) is 3.23. The second-order valence-corrected chi connectivity index (χ2v) is 5.84. The second kappa shape index (κ2) is 6.02. The molecule has 4 nitrogen and oxygen atoms in total. The number of rotatable bonds is 5. The minimum Gasteiger partial charge on any atom is -0.388 e. The van der Waals surface area contributed by atoms with E-state index in [0.29, 0.717) is 6.54 Å². The molecule has 4 heteroatoms. The predicted octanol–water partition coefficient (Wildman–Crippen LogP) is 1.28. The van der Waals surface area contributed by atoms with Crippen LogP contribution in [-0.4, -0.2) is 47.2 Å². The number of piperidine rings is 1. The SMILES string of the molecule is CCCNC1CCCN(CC2(O)CCCC2)C1=O. The van der Waals surface area contributed by atoms with Crippen LogP contribution in [0.25, 0.3) is 0 Å². The number of β-amino-alcohol motifs (C(OH)–C–C–N with tert-alkyl or cyclic N) is 1. The molecule has 0 spiro atoms. The fraction of sp³-hybridized carbons (Fsp3) is 0.929. The van der Waals surface area contributed by atoms with Gasteiger partial charge in [0.25, 0.3) is 0 Å². The number of nitrogens with one attached hydrogen (secondary N) is 1. The molecule has 1 amide bonds. The molecule has 104 valence electrons. The van der Waals surface area contributed by atoms with Crippen LogP contribution >= 0.6 is 0 Å². The summed E-state index contributed by atoms with van der Waals surface area (Å²) in [6.45, 7) is 4.36. The van der Waals surface area contributed by atoms with Crippen molar-refractivity contribution in [3.05, 3.63) is 0 Å². The molecule has 2 aliphatic rings. The van der Waals surface area contributed by atoms with Gasteiger partial charge in [0.15, 0.2) is 0 Å². The van der Waals surface area contributed by atoms with E-state index in [4.69, 9.17) is 0 Å². The van der Waals surface area contributed by atoms with E-state index in [1.54, 1.807) is 0 Å². The highest BCUT2D eigenvalue weighted by Crippen LogP contribution is 2.31. The maximum absolute atomic E-state index is 12.3. The molecule has 1 atom stereocenters. The Morgan fingerprint density at radius 2 is 2.11 bits per heavy atom. The number of nitrogens with zero attached hydrogens (tertiary/aromatic N) is 1. The molecule has 1 heterocycles. The molecule has 2 rings (SSSR count). The molecule has 0 aromatic rings. The number of likely N-dealkylation sites (tertiary alicyclic amines) is 1. The molecule has 1 saturated heterocycles. The average molecular weight is 254 g/mol. The van der Waals surface area contributed by atoms with Gasteiger partial charge in [-0.3, -0.25) is 4.79 Å². The van der Waals surface area contributed by atoms with Gasteiger partial charge in [0.1, 0.15) is 0 Å². The van der Waals surface area contributed by atoms with E-state index in [-0.39, 0.29) is 11.9 Å². The molecule has 1 saturated carbocycles. The van der Waals surface area contributed by atoms with E-state index in [0.717, 1.165) is 58.0 Å². The second-order valence-electron chi connectivity index (χ2n) is 5.84. The quantitative estimate of drug-likeness (QED) is 0.777. The standard InChI is InChI=1S/C14H26N2O2/c1-2-9-15-12-6-5-10-16(13(12)17)11-14(18)7-3-4-8-14/h12,15,18H,2-11H2,1H3. The summed E-state index contributed by atoms with van der Waals surface area (Å²) >= 11 is 0. The highest BCUT2D eigenvalue weighted by atomic mass is 16.3. The molecule has 1 aliphatic heterocycles. The van der Waals surface area contributed by atoms with Crippen LogP contribution in [-0.2, 0) is 4.79 Å². The van der Waals surface area contributed by atoms with Crippen LogP contribution in [0.2, 0.25) is 0 Å². The third-order valence-electron chi connectivity index (χ3n) is 4.19. The fourth-order valence-electron chi connectivity index (χ4n) is 3.15. The van der Waals surface area contributed by atoms with Crippen LogP contribution in [0, 0.1) is 0 Å². The molecule has 0 aromatic carbocycles. The van der Waals surface area contributed by atoms with Crippen LogP contribution in [0.5, 0.6) is 0 Å². The molecule has 0 radical (unpaired) electrons. The largest absolute Gasteiger partial charge is 0.388 e. The third-order valence-corrected chi connectivity index (χ3v) is 4.19. The monoisotopic (exact) mass is 254 g/mol. The van der Waals surface area contributed by atoms with E-state index in [1.165, 1.54) is 0 Å². The zero-order valence-corrected chi connectivity index (χ0v) is 11.5. The smallest absolute Gasteiger partial charge is 0.239 e. The number of amides is 1. The lowest BCUT2D eigenvalue weighted by molar-refractivity contribution is -0.139. The van der Waals surface area contributed by atoms with Gasteiger partial charge in [-0.05, 0) is 38.6 Å². The van der Waals surface area contributed by atoms with Crippen molar-refractivity contribution in [3.63, 3.8) is 0 Å². The van der Waals surface area contributed by atoms with Gasteiger partial charge in [-0.15, -0.1) is 0 Å². The van der Waals surface area contributed by atoms with Gasteiger partial charge in [0, 0.05) is 13.1 Å². The molecular weight excluding hydrogens is 228 g/mol. The first-order chi connectivity index (χ1) is 8.64. The van der Waals surface area contributed by atoms with Crippen LogP contribution in [0.4, 0.5) is 0 Å². The summed E-state index contributed by atoms with van der Waals surface area (Å²) in [6, 6.07) is -0.0243. The summed E-state index contributed by atoms with van der Waals surface area (Å²) in [5.41, 5.74) is -0.609. The summed E-state index contributed by atoms with van der Waals surface area (Å²) in [6.07, 6.45) is 6.92. The Labute approximate surface area is 110 Å². The normalized spacial score (nSPS) is 27.8. The van der Waals surface area contributed by atoms with Crippen molar-refractivity contribution in [2.75, 3.05) is 19.6 Å². The van der Waals surface area contributed by atoms with Crippen molar-refractivity contribution in [2.45, 2.75) is 63.5 Å². The van der Waals surface area contributed by atoms with Gasteiger partial charge in [0.2, 0.25) is 5.91 Å². The lowest BCUT2D eigenvalue weighted by atomic mass is 9.98. The fourth-order valence-corrected chi connectivity index (χ4v) is 3.15. The molecule has 18 heavy (non-hydrogen) atoms. The first-order valence-corrected chi connectivity index (χ1v) is 7.39. The van der Waals surface area contributed by atoms with Crippen LogP contribution in [0.3, 0.4) is 0 Å². The number of aliphatic hydroxyl groups is 1. The molecule has 1 unspecified atom stereocenters. The van der Waals surface area contributed by atoms with E-state index in [2.05, 4.69) is 12.2 Å². The zero-order valence-electron chi connectivity index (χ0n) is 11.5. The highest BCUT2D eigenvalue weighted by Gasteiger charge is 2.37. The number of carbonyl (C=O) groups excluding carboxylic acids is 1. The van der Waals surface area contributed by atoms with Gasteiger partial charge in [-0.25, -0.2) is 0 Å². The highest BCUT2D eigenvalue weighted by molar-refractivity contribution is 5.82. The Hall–Kier alpha value is -0.610. The number of hydrogen-bond acceptors (Lipinski definition) is 3. The molecule has 2 fully saturated rings. The van der Waals surface area contributed by atoms with E-state index < -0.39 is 5.60 Å². The first-order valence-electron chi connectivity index (χ1n) is 7.39. The zero-order chi connectivity index (χ0) is 13.0. The molecule has 0 bridgehead atoms. The Kier molecular flexibility index (Phi) is 4.62. The van der Waals surface area contributed by atoms with Crippen LogP contribution in [0.15, 0.2) is 0 Å². The lowest BCUT2D eigenvalue weighted by Gasteiger charge is -2.37. The van der Waals surface area contributed by atoms with Gasteiger partial charge in [0.05, 0.1) is 11.6 Å². The van der Waals surface area contributed by atoms with Gasteiger partial charge >= 0.3 is 0 Å². The summed E-state index contributed by atoms with van der Waals surface area (Å²) in [4.78, 5) is 14.2. The van der Waals surface area contributed by atoms with Gasteiger partial charge in [-0.2, -0.15) is 0 Å². The molecule has 1 aliphatic carbocycles. The van der Waals surface area contributed by atoms with Crippen molar-refractivity contribution in [1.82, 2.24) is 10.2 Å². The minimum absolute atomic E-state index is 0.0243. The van der Waals surface area contributed by atoms with Crippen molar-refractivity contribution in [1.29, 1.82) is 0 Å². The van der Waals surface area contributed by atoms with E-state index in [1.807, 2.05) is 4.90 Å². The van der Waals surface area contributed by atoms with Crippen molar-refractivity contribution >= 4 is 5.91 Å². The molecular formula is C14H26N2O2. The molecule has 0 aromatic heterocycles. The van der Waals surface area contributed by atoms with E-state index in [9.17, 15) is 9.90 Å². The predicted molar refractivity (Wildman–Crippen MR) is 71.3 cm³/mol. The van der Waals surface area contributed by atoms with E-state index >= 15 is 0 Å². The summed E-state index contributed by atoms with van der Waals surface area (Å²) in [5, 5.41) is 13.7. The average Bonchev–Trinajstić information content (AvgIpc) is 2.77. The van der Waals surface area contributed by atoms with Gasteiger partial charge in [-0.1, -0.05) is 19.8 Å². The van der Waals surface area contributed by atoms with Crippen LogP contribution in [0.1, 0.15) is 51.9 Å². The van der Waals surface area contributed by atoms with Crippen molar-refractivity contribution in [2.24, 2.45) is 0 Å². The topological polar surface area (TPSA) is 52.6 Å². The van der Waals surface area contributed by atoms with Crippen molar-refractivity contribution < 1.29 is 9.90 Å². The Bertz CT molecular complexity index is 288. The number of carbonyl (C=O) groups is 1. The Balaban J connectivity index is 1.89. The van der Waals surface area contributed by atoms with Crippen LogP contribution < -0.4 is 5.32 Å². The Morgan fingerprint density at radius 3 is 2.78 bits per heavy atom. The molecule has 2 N–H and O–H groups in total. The maximum atomic E-state index is 12.3. The summed E-state index contributed by atoms with van der Waals surface area (Å²) in [7, 11) is 0. The first kappa shape index (κ1) is 13.8. The maximum Gasteiger partial charge on any atom is 0.239 e. The minimum atomic E-state index is -0.609. The summed E-state index contributed by atoms with van der Waals surface area (Å²) in [5.74, 6) is 0.190. The Morgan fingerprint density at radius 1 is 1.39 bits per heavy atom.